The van der Waals surface area contributed by atoms with Crippen LogP contribution in [0.5, 0.6) is 0 Å². The Kier molecular flexibility index (Phi) is 1.77. The molecule has 3 heterocycles. The Morgan fingerprint density at radius 1 is 1.00 bits per heavy atom. The lowest BCUT2D eigenvalue weighted by Crippen LogP contribution is -2.31. The lowest BCUT2D eigenvalue weighted by atomic mass is 10.2. The van der Waals surface area contributed by atoms with Gasteiger partial charge in [0.25, 0.3) is 0 Å². The van der Waals surface area contributed by atoms with Crippen LogP contribution >= 0.6 is 0 Å². The van der Waals surface area contributed by atoms with Gasteiger partial charge in [-0.1, -0.05) is 22.8 Å². The summed E-state index contributed by atoms with van der Waals surface area (Å²) in [4.78, 5) is 8.50. The largest absolute Gasteiger partial charge is 0.361 e. The van der Waals surface area contributed by atoms with Gasteiger partial charge in [-0.05, 0) is 18.3 Å². The third-order valence-electron chi connectivity index (χ3n) is 2.93. The van der Waals surface area contributed by atoms with Gasteiger partial charge in [-0.3, -0.25) is 0 Å². The number of nitrogens with zero attached hydrogens (tertiary/aromatic N) is 5. The predicted octanol–water partition coefficient (Wildman–Crippen LogP) is 1.09. The van der Waals surface area contributed by atoms with Gasteiger partial charge in [0.05, 0.1) is 0 Å². The highest BCUT2D eigenvalue weighted by Crippen LogP contribution is 2.15. The van der Waals surface area contributed by atoms with Crippen LogP contribution in [0, 0.1) is 0 Å². The van der Waals surface area contributed by atoms with Crippen LogP contribution in [0.2, 0.25) is 0 Å². The average molecular weight is 235 g/mol. The van der Waals surface area contributed by atoms with Gasteiger partial charge in [0.1, 0.15) is 5.65 Å². The zero-order valence-corrected chi connectivity index (χ0v) is 9.43. The highest BCUT2D eigenvalue weighted by molar-refractivity contribution is 5.63. The fourth-order valence-corrected chi connectivity index (χ4v) is 2.12. The molecule has 3 aromatic heterocycles. The zero-order valence-electron chi connectivity index (χ0n) is 9.43. The molecule has 5 heteroatoms. The van der Waals surface area contributed by atoms with Gasteiger partial charge in [0, 0.05) is 24.0 Å². The third-order valence-corrected chi connectivity index (χ3v) is 2.93. The maximum absolute atomic E-state index is 4.46. The summed E-state index contributed by atoms with van der Waals surface area (Å²) in [6, 6.07) is 12.2. The Morgan fingerprint density at radius 2 is 1.83 bits per heavy atom. The molecule has 0 bridgehead atoms. The first-order valence-corrected chi connectivity index (χ1v) is 5.66. The van der Waals surface area contributed by atoms with Crippen molar-refractivity contribution in [3.8, 4) is 11.3 Å². The molecule has 5 nitrogen and oxygen atoms in total. The molecule has 0 saturated heterocycles. The van der Waals surface area contributed by atoms with Crippen molar-refractivity contribution < 1.29 is 4.63 Å². The van der Waals surface area contributed by atoms with Gasteiger partial charge in [0.2, 0.25) is 5.69 Å². The van der Waals surface area contributed by atoms with E-state index in [-0.39, 0.29) is 0 Å². The van der Waals surface area contributed by atoms with Gasteiger partial charge in [-0.2, -0.15) is 4.52 Å². The van der Waals surface area contributed by atoms with E-state index in [1.807, 2.05) is 39.6 Å². The van der Waals surface area contributed by atoms with Crippen molar-refractivity contribution in [2.24, 2.45) is 0 Å². The summed E-state index contributed by atoms with van der Waals surface area (Å²) in [5, 5.41) is 4.46. The van der Waals surface area contributed by atoms with Crippen LogP contribution in [0.3, 0.4) is 0 Å². The van der Waals surface area contributed by atoms with Crippen LogP contribution in [0.25, 0.3) is 22.6 Å². The minimum Gasteiger partial charge on any atom is -0.361 e. The van der Waals surface area contributed by atoms with Crippen LogP contribution in [0.15, 0.2) is 55.0 Å². The first kappa shape index (κ1) is 9.35. The second kappa shape index (κ2) is 3.40. The van der Waals surface area contributed by atoms with Gasteiger partial charge >= 0.3 is 0 Å². The second-order valence-corrected chi connectivity index (χ2v) is 4.00. The highest BCUT2D eigenvalue weighted by atomic mass is 15.5. The molecule has 0 fully saturated rings. The minimum absolute atomic E-state index is 0.648. The lowest BCUT2D eigenvalue weighted by molar-refractivity contribution is -0.663. The smallest absolute Gasteiger partial charge is 0.246 e. The molecule has 4 aromatic rings. The molecular weight excluding hydrogens is 226 g/mol. The highest BCUT2D eigenvalue weighted by Gasteiger charge is 2.14. The number of hydrogen-bond donors (Lipinski definition) is 0. The number of benzene rings is 1. The van der Waals surface area contributed by atoms with E-state index in [1.165, 1.54) is 0 Å². The summed E-state index contributed by atoms with van der Waals surface area (Å²) in [6.45, 7) is 0. The van der Waals surface area contributed by atoms with Crippen molar-refractivity contribution in [2.75, 3.05) is 0 Å². The fraction of sp³-hybridized carbons (Fsp3) is 0. The van der Waals surface area contributed by atoms with Gasteiger partial charge in [-0.25, -0.2) is 4.98 Å². The molecule has 0 atom stereocenters. The first-order chi connectivity index (χ1) is 8.93. The predicted molar refractivity (Wildman–Crippen MR) is 64.9 cm³/mol. The number of aromatic nitrogens is 5. The molecule has 0 radical (unpaired) electrons. The Bertz CT molecular complexity index is 828. The van der Waals surface area contributed by atoms with Crippen LogP contribution in [-0.2, 0) is 0 Å². The van der Waals surface area contributed by atoms with E-state index < -0.39 is 0 Å². The van der Waals surface area contributed by atoms with E-state index in [1.54, 1.807) is 12.4 Å². The Morgan fingerprint density at radius 3 is 2.72 bits per heavy atom. The summed E-state index contributed by atoms with van der Waals surface area (Å²) in [6.07, 6.45) is 5.27. The Balaban J connectivity index is 2.08. The summed E-state index contributed by atoms with van der Waals surface area (Å²) in [5.41, 5.74) is 3.55. The topological polar surface area (TPSA) is 48.4 Å². The molecule has 0 saturated carbocycles. The number of rotatable bonds is 1. The summed E-state index contributed by atoms with van der Waals surface area (Å²) < 4.78 is 3.71. The zero-order chi connectivity index (χ0) is 11.9. The quantitative estimate of drug-likeness (QED) is 0.464. The number of fused-ring (bicyclic) bond motifs is 3. The van der Waals surface area contributed by atoms with Crippen molar-refractivity contribution >= 4 is 11.3 Å². The van der Waals surface area contributed by atoms with Crippen molar-refractivity contribution in [3.63, 3.8) is 0 Å². The molecule has 86 valence electrons. The Hall–Kier alpha value is -2.69. The summed E-state index contributed by atoms with van der Waals surface area (Å²) in [7, 11) is 0. The van der Waals surface area contributed by atoms with Crippen molar-refractivity contribution in [2.45, 2.75) is 0 Å². The molecule has 0 spiro atoms. The van der Waals surface area contributed by atoms with Crippen LogP contribution in [0.4, 0.5) is 0 Å². The molecule has 0 aliphatic heterocycles. The third kappa shape index (κ3) is 1.18. The van der Waals surface area contributed by atoms with Crippen molar-refractivity contribution in [1.82, 2.24) is 19.6 Å². The minimum atomic E-state index is 0.648. The normalized spacial score (nSPS) is 11.3. The Labute approximate surface area is 102 Å². The first-order valence-electron chi connectivity index (χ1n) is 5.66. The molecule has 18 heavy (non-hydrogen) atoms. The molecule has 0 amide bonds. The van der Waals surface area contributed by atoms with Gasteiger partial charge in [-0.15, -0.1) is 5.10 Å². The van der Waals surface area contributed by atoms with E-state index in [0.717, 1.165) is 16.9 Å². The van der Waals surface area contributed by atoms with Crippen LogP contribution in [0.1, 0.15) is 0 Å². The maximum Gasteiger partial charge on any atom is 0.246 e. The molecule has 4 rings (SSSR count). The molecule has 0 N–H and O–H groups in total. The molecular formula is C13H9N5. The van der Waals surface area contributed by atoms with E-state index in [0.29, 0.717) is 5.65 Å². The monoisotopic (exact) mass is 235 g/mol. The van der Waals surface area contributed by atoms with E-state index >= 15 is 0 Å². The molecule has 0 unspecified atom stereocenters. The SMILES string of the molecule is c1ccc(-c2ccn3c4nccnc4[n-][n+]23)cc1. The number of hydrogen-bond acceptors (Lipinski definition) is 2. The molecule has 1 aromatic carbocycles. The molecule has 0 aliphatic rings. The van der Waals surface area contributed by atoms with Crippen molar-refractivity contribution in [1.29, 1.82) is 0 Å². The maximum atomic E-state index is 4.46. The summed E-state index contributed by atoms with van der Waals surface area (Å²) >= 11 is 0. The second-order valence-electron chi connectivity index (χ2n) is 4.00. The molecule has 0 aliphatic carbocycles. The van der Waals surface area contributed by atoms with Crippen LogP contribution in [-0.4, -0.2) is 14.5 Å². The van der Waals surface area contributed by atoms with Crippen molar-refractivity contribution in [3.05, 3.63) is 55.0 Å². The lowest BCUT2D eigenvalue weighted by Gasteiger charge is -1.91. The fourth-order valence-electron chi connectivity index (χ4n) is 2.12. The van der Waals surface area contributed by atoms with Gasteiger partial charge < -0.3 is 4.98 Å². The van der Waals surface area contributed by atoms with Crippen LogP contribution < -0.4 is 9.73 Å². The van der Waals surface area contributed by atoms with E-state index in [2.05, 4.69) is 27.2 Å². The standard InChI is InChI=1S/C13H9N5/c1-2-4-10(5-3-1)11-6-9-17-13-12(16-18(11)17)14-7-8-15-13/h1-9H. The average Bonchev–Trinajstić information content (AvgIpc) is 2.98. The van der Waals surface area contributed by atoms with E-state index in [9.17, 15) is 0 Å². The van der Waals surface area contributed by atoms with Gasteiger partial charge in [0.15, 0.2) is 5.65 Å². The summed E-state index contributed by atoms with van der Waals surface area (Å²) in [5.74, 6) is 0. The van der Waals surface area contributed by atoms with E-state index in [4.69, 9.17) is 0 Å².